The molecule has 70 valence electrons. The van der Waals surface area contributed by atoms with E-state index < -0.39 is 6.17 Å². The van der Waals surface area contributed by atoms with Crippen LogP contribution in [0.5, 0.6) is 0 Å². The van der Waals surface area contributed by atoms with Gasteiger partial charge in [-0.1, -0.05) is 28.1 Å². The van der Waals surface area contributed by atoms with Crippen molar-refractivity contribution in [2.75, 3.05) is 0 Å². The first-order valence-electron chi connectivity index (χ1n) is 4.67. The fraction of sp³-hybridized carbons (Fsp3) is 0.455. The molecule has 1 fully saturated rings. The van der Waals surface area contributed by atoms with E-state index in [2.05, 4.69) is 15.9 Å². The van der Waals surface area contributed by atoms with Crippen LogP contribution in [0.4, 0.5) is 4.39 Å². The summed E-state index contributed by atoms with van der Waals surface area (Å²) in [5.74, 6) is 0.146. The molecule has 0 aliphatic heterocycles. The van der Waals surface area contributed by atoms with E-state index in [4.69, 9.17) is 0 Å². The molecular formula is C11H12BrF. The summed E-state index contributed by atoms with van der Waals surface area (Å²) in [7, 11) is 0. The van der Waals surface area contributed by atoms with Crippen molar-refractivity contribution in [2.45, 2.75) is 31.4 Å². The maximum atomic E-state index is 13.4. The van der Waals surface area contributed by atoms with Crippen LogP contribution in [0.15, 0.2) is 28.7 Å². The van der Waals surface area contributed by atoms with Crippen LogP contribution in [0, 0.1) is 0 Å². The van der Waals surface area contributed by atoms with E-state index in [0.29, 0.717) is 0 Å². The van der Waals surface area contributed by atoms with Crippen molar-refractivity contribution in [3.63, 3.8) is 0 Å². The Bertz CT molecular complexity index is 281. The van der Waals surface area contributed by atoms with Gasteiger partial charge in [-0.05, 0) is 37.0 Å². The number of hydrogen-bond donors (Lipinski definition) is 0. The number of hydrogen-bond acceptors (Lipinski definition) is 0. The smallest absolute Gasteiger partial charge is 0.107 e. The second kappa shape index (κ2) is 3.79. The first kappa shape index (κ1) is 9.20. The van der Waals surface area contributed by atoms with Crippen LogP contribution in [-0.2, 0) is 0 Å². The molecule has 0 saturated heterocycles. The van der Waals surface area contributed by atoms with Crippen LogP contribution in [0.2, 0.25) is 0 Å². The zero-order valence-electron chi connectivity index (χ0n) is 7.34. The molecular weight excluding hydrogens is 231 g/mol. The van der Waals surface area contributed by atoms with Crippen LogP contribution in [0.1, 0.15) is 30.7 Å². The molecule has 0 spiro atoms. The van der Waals surface area contributed by atoms with Gasteiger partial charge in [-0.2, -0.15) is 0 Å². The molecule has 0 bridgehead atoms. The Labute approximate surface area is 86.3 Å². The summed E-state index contributed by atoms with van der Waals surface area (Å²) in [5, 5.41) is 0. The molecule has 0 N–H and O–H groups in total. The third kappa shape index (κ3) is 1.93. The second-order valence-electron chi connectivity index (χ2n) is 3.60. The fourth-order valence-electron chi connectivity index (χ4n) is 2.00. The van der Waals surface area contributed by atoms with E-state index >= 15 is 0 Å². The van der Waals surface area contributed by atoms with Crippen molar-refractivity contribution in [1.29, 1.82) is 0 Å². The fourth-order valence-corrected chi connectivity index (χ4v) is 2.26. The van der Waals surface area contributed by atoms with E-state index in [1.54, 1.807) is 0 Å². The number of rotatable bonds is 1. The van der Waals surface area contributed by atoms with E-state index in [0.717, 1.165) is 29.3 Å². The lowest BCUT2D eigenvalue weighted by Crippen LogP contribution is -2.05. The highest BCUT2D eigenvalue weighted by Crippen LogP contribution is 2.36. The molecule has 1 aliphatic rings. The molecule has 1 aliphatic carbocycles. The van der Waals surface area contributed by atoms with Gasteiger partial charge in [0.05, 0.1) is 0 Å². The Morgan fingerprint density at radius 3 is 2.38 bits per heavy atom. The van der Waals surface area contributed by atoms with Crippen molar-refractivity contribution in [3.05, 3.63) is 34.3 Å². The summed E-state index contributed by atoms with van der Waals surface area (Å²) in [6.07, 6.45) is 2.15. The molecule has 0 nitrogen and oxygen atoms in total. The van der Waals surface area contributed by atoms with Gasteiger partial charge in [0.1, 0.15) is 6.17 Å². The molecule has 1 saturated carbocycles. The number of alkyl halides is 1. The predicted molar refractivity (Wildman–Crippen MR) is 55.6 cm³/mol. The minimum Gasteiger partial charge on any atom is -0.247 e. The average Bonchev–Trinajstić information content (AvgIpc) is 2.53. The SMILES string of the molecule is FC1CCCC1c1ccc(Br)cc1. The maximum absolute atomic E-state index is 13.4. The van der Waals surface area contributed by atoms with E-state index in [-0.39, 0.29) is 5.92 Å². The van der Waals surface area contributed by atoms with Gasteiger partial charge in [0.15, 0.2) is 0 Å². The molecule has 0 radical (unpaired) electrons. The van der Waals surface area contributed by atoms with Crippen LogP contribution >= 0.6 is 15.9 Å². The topological polar surface area (TPSA) is 0 Å². The highest BCUT2D eigenvalue weighted by atomic mass is 79.9. The predicted octanol–water partition coefficient (Wildman–Crippen LogP) is 4.05. The lowest BCUT2D eigenvalue weighted by Gasteiger charge is -2.12. The Morgan fingerprint density at radius 2 is 1.85 bits per heavy atom. The van der Waals surface area contributed by atoms with Gasteiger partial charge in [-0.3, -0.25) is 0 Å². The van der Waals surface area contributed by atoms with Crippen molar-refractivity contribution in [1.82, 2.24) is 0 Å². The zero-order valence-corrected chi connectivity index (χ0v) is 8.93. The highest BCUT2D eigenvalue weighted by molar-refractivity contribution is 9.10. The van der Waals surface area contributed by atoms with Crippen molar-refractivity contribution in [3.8, 4) is 0 Å². The monoisotopic (exact) mass is 242 g/mol. The number of halogens is 2. The molecule has 2 rings (SSSR count). The lowest BCUT2D eigenvalue weighted by molar-refractivity contribution is 0.312. The molecule has 0 heterocycles. The summed E-state index contributed by atoms with van der Waals surface area (Å²) < 4.78 is 14.4. The van der Waals surface area contributed by atoms with E-state index in [9.17, 15) is 4.39 Å². The third-order valence-electron chi connectivity index (χ3n) is 2.73. The molecule has 1 aromatic rings. The minimum atomic E-state index is -0.624. The van der Waals surface area contributed by atoms with Crippen LogP contribution in [-0.4, -0.2) is 6.17 Å². The Kier molecular flexibility index (Phi) is 2.68. The third-order valence-corrected chi connectivity index (χ3v) is 3.26. The minimum absolute atomic E-state index is 0.146. The van der Waals surface area contributed by atoms with Gasteiger partial charge in [0.25, 0.3) is 0 Å². The molecule has 1 aromatic carbocycles. The Hall–Kier alpha value is -0.370. The van der Waals surface area contributed by atoms with Crippen molar-refractivity contribution in [2.24, 2.45) is 0 Å². The standard InChI is InChI=1S/C11H12BrF/c12-9-6-4-8(5-7-9)10-2-1-3-11(10)13/h4-7,10-11H,1-3H2. The second-order valence-corrected chi connectivity index (χ2v) is 4.52. The highest BCUT2D eigenvalue weighted by Gasteiger charge is 2.27. The van der Waals surface area contributed by atoms with Gasteiger partial charge >= 0.3 is 0 Å². The first-order chi connectivity index (χ1) is 6.27. The summed E-state index contributed by atoms with van der Waals surface area (Å²) in [5.41, 5.74) is 1.15. The Balaban J connectivity index is 2.20. The molecule has 13 heavy (non-hydrogen) atoms. The van der Waals surface area contributed by atoms with Gasteiger partial charge in [0, 0.05) is 10.4 Å². The van der Waals surface area contributed by atoms with E-state index in [1.165, 1.54) is 0 Å². The summed E-state index contributed by atoms with van der Waals surface area (Å²) in [6, 6.07) is 8.01. The van der Waals surface area contributed by atoms with Gasteiger partial charge in [0.2, 0.25) is 0 Å². The number of benzene rings is 1. The maximum Gasteiger partial charge on any atom is 0.107 e. The Morgan fingerprint density at radius 1 is 1.15 bits per heavy atom. The van der Waals surface area contributed by atoms with Crippen molar-refractivity contribution >= 4 is 15.9 Å². The summed E-state index contributed by atoms with van der Waals surface area (Å²) >= 11 is 3.38. The van der Waals surface area contributed by atoms with Gasteiger partial charge in [-0.15, -0.1) is 0 Å². The van der Waals surface area contributed by atoms with Crippen LogP contribution in [0.3, 0.4) is 0 Å². The molecule has 2 atom stereocenters. The molecule has 2 heteroatoms. The normalized spacial score (nSPS) is 27.8. The van der Waals surface area contributed by atoms with Crippen LogP contribution < -0.4 is 0 Å². The zero-order chi connectivity index (χ0) is 9.26. The van der Waals surface area contributed by atoms with E-state index in [1.807, 2.05) is 24.3 Å². The summed E-state index contributed by atoms with van der Waals surface area (Å²) in [6.45, 7) is 0. The van der Waals surface area contributed by atoms with Crippen molar-refractivity contribution < 1.29 is 4.39 Å². The molecule has 0 amide bonds. The molecule has 2 unspecified atom stereocenters. The largest absolute Gasteiger partial charge is 0.247 e. The van der Waals surface area contributed by atoms with Gasteiger partial charge < -0.3 is 0 Å². The first-order valence-corrected chi connectivity index (χ1v) is 5.46. The van der Waals surface area contributed by atoms with Crippen LogP contribution in [0.25, 0.3) is 0 Å². The van der Waals surface area contributed by atoms with Gasteiger partial charge in [-0.25, -0.2) is 4.39 Å². The quantitative estimate of drug-likeness (QED) is 0.697. The summed E-state index contributed by atoms with van der Waals surface area (Å²) in [4.78, 5) is 0. The molecule has 0 aromatic heterocycles. The lowest BCUT2D eigenvalue weighted by atomic mass is 9.97. The average molecular weight is 243 g/mol.